The predicted octanol–water partition coefficient (Wildman–Crippen LogP) is 3.41. The predicted molar refractivity (Wildman–Crippen MR) is 64.0 cm³/mol. The van der Waals surface area contributed by atoms with Crippen LogP contribution in [0, 0.1) is 5.82 Å². The number of hydrogen-bond acceptors (Lipinski definition) is 2. The molecule has 0 saturated carbocycles. The third-order valence-electron chi connectivity index (χ3n) is 2.51. The zero-order valence-electron chi connectivity index (χ0n) is 10.2. The molecule has 0 aliphatic rings. The van der Waals surface area contributed by atoms with E-state index < -0.39 is 0 Å². The molecule has 0 saturated heterocycles. The fourth-order valence-corrected chi connectivity index (χ4v) is 1.58. The lowest BCUT2D eigenvalue weighted by Crippen LogP contribution is -2.12. The molecule has 2 N–H and O–H groups in total. The first-order valence-corrected chi connectivity index (χ1v) is 5.76. The smallest absolute Gasteiger partial charge is 0.165 e. The minimum Gasteiger partial charge on any atom is -0.488 e. The molecule has 0 aromatic heterocycles. The zero-order valence-corrected chi connectivity index (χ0v) is 10.2. The highest BCUT2D eigenvalue weighted by molar-refractivity contribution is 5.30. The fourth-order valence-electron chi connectivity index (χ4n) is 1.58. The van der Waals surface area contributed by atoms with E-state index in [-0.39, 0.29) is 18.0 Å². The van der Waals surface area contributed by atoms with Crippen molar-refractivity contribution in [3.8, 4) is 5.75 Å². The summed E-state index contributed by atoms with van der Waals surface area (Å²) in [7, 11) is 0. The average molecular weight is 225 g/mol. The Kier molecular flexibility index (Phi) is 4.74. The highest BCUT2D eigenvalue weighted by Crippen LogP contribution is 2.22. The third kappa shape index (κ3) is 3.49. The van der Waals surface area contributed by atoms with Crippen LogP contribution in [0.4, 0.5) is 4.39 Å². The van der Waals surface area contributed by atoms with Gasteiger partial charge in [0.15, 0.2) is 11.6 Å². The first-order chi connectivity index (χ1) is 7.54. The van der Waals surface area contributed by atoms with E-state index in [2.05, 4.69) is 6.92 Å². The van der Waals surface area contributed by atoms with Gasteiger partial charge in [-0.15, -0.1) is 0 Å². The molecule has 0 heterocycles. The van der Waals surface area contributed by atoms with Gasteiger partial charge in [-0.2, -0.15) is 0 Å². The van der Waals surface area contributed by atoms with Gasteiger partial charge in [-0.25, -0.2) is 4.39 Å². The van der Waals surface area contributed by atoms with Crippen molar-refractivity contribution in [1.82, 2.24) is 0 Å². The van der Waals surface area contributed by atoms with Crippen molar-refractivity contribution < 1.29 is 9.13 Å². The number of rotatable bonds is 5. The highest BCUT2D eigenvalue weighted by atomic mass is 19.1. The van der Waals surface area contributed by atoms with Gasteiger partial charge >= 0.3 is 0 Å². The molecule has 1 unspecified atom stereocenters. The normalized spacial score (nSPS) is 14.6. The number of nitrogens with two attached hydrogens (primary N) is 1. The number of halogens is 1. The zero-order chi connectivity index (χ0) is 12.1. The van der Waals surface area contributed by atoms with Gasteiger partial charge in [-0.05, 0) is 38.0 Å². The molecule has 16 heavy (non-hydrogen) atoms. The average Bonchev–Trinajstić information content (AvgIpc) is 2.21. The summed E-state index contributed by atoms with van der Waals surface area (Å²) in [6, 6.07) is 4.75. The van der Waals surface area contributed by atoms with Crippen LogP contribution < -0.4 is 10.5 Å². The SMILES string of the molecule is CCCC(C)Oc1ccc([C@@H](C)N)cc1F. The molecule has 0 fully saturated rings. The Morgan fingerprint density at radius 1 is 1.38 bits per heavy atom. The first-order valence-electron chi connectivity index (χ1n) is 5.76. The maximum atomic E-state index is 13.6. The van der Waals surface area contributed by atoms with Gasteiger partial charge in [-0.3, -0.25) is 0 Å². The molecular formula is C13H20FNO. The van der Waals surface area contributed by atoms with Gasteiger partial charge in [0.1, 0.15) is 0 Å². The van der Waals surface area contributed by atoms with Gasteiger partial charge in [0.05, 0.1) is 6.10 Å². The number of ether oxygens (including phenoxy) is 1. The lowest BCUT2D eigenvalue weighted by molar-refractivity contribution is 0.200. The lowest BCUT2D eigenvalue weighted by atomic mass is 10.1. The van der Waals surface area contributed by atoms with Crippen molar-refractivity contribution >= 4 is 0 Å². The molecule has 1 aromatic carbocycles. The molecule has 0 radical (unpaired) electrons. The largest absolute Gasteiger partial charge is 0.488 e. The van der Waals surface area contributed by atoms with Gasteiger partial charge in [-0.1, -0.05) is 19.4 Å². The van der Waals surface area contributed by atoms with E-state index in [9.17, 15) is 4.39 Å². The van der Waals surface area contributed by atoms with Gasteiger partial charge in [0.2, 0.25) is 0 Å². The molecule has 2 atom stereocenters. The molecule has 1 aromatic rings. The van der Waals surface area contributed by atoms with Crippen molar-refractivity contribution in [2.24, 2.45) is 5.73 Å². The van der Waals surface area contributed by atoms with Crippen molar-refractivity contribution in [1.29, 1.82) is 0 Å². The second-order valence-electron chi connectivity index (χ2n) is 4.20. The van der Waals surface area contributed by atoms with E-state index in [1.54, 1.807) is 6.07 Å². The Labute approximate surface area is 96.6 Å². The van der Waals surface area contributed by atoms with Gasteiger partial charge in [0, 0.05) is 6.04 Å². The molecule has 3 heteroatoms. The Hall–Kier alpha value is -1.09. The van der Waals surface area contributed by atoms with E-state index in [0.29, 0.717) is 5.75 Å². The number of benzene rings is 1. The second kappa shape index (κ2) is 5.85. The van der Waals surface area contributed by atoms with Crippen LogP contribution >= 0.6 is 0 Å². The van der Waals surface area contributed by atoms with Crippen molar-refractivity contribution in [3.63, 3.8) is 0 Å². The van der Waals surface area contributed by atoms with Crippen LogP contribution in [0.25, 0.3) is 0 Å². The van der Waals surface area contributed by atoms with Crippen LogP contribution in [-0.4, -0.2) is 6.10 Å². The maximum absolute atomic E-state index is 13.6. The van der Waals surface area contributed by atoms with E-state index in [0.717, 1.165) is 18.4 Å². The Bertz CT molecular complexity index is 339. The van der Waals surface area contributed by atoms with E-state index in [1.807, 2.05) is 19.9 Å². The molecule has 2 nitrogen and oxygen atoms in total. The summed E-state index contributed by atoms with van der Waals surface area (Å²) in [6.45, 7) is 5.85. The second-order valence-corrected chi connectivity index (χ2v) is 4.20. The van der Waals surface area contributed by atoms with Crippen LogP contribution in [0.3, 0.4) is 0 Å². The Balaban J connectivity index is 2.75. The minimum atomic E-state index is -0.335. The van der Waals surface area contributed by atoms with Gasteiger partial charge in [0.25, 0.3) is 0 Å². The summed E-state index contributed by atoms with van der Waals surface area (Å²) in [5.41, 5.74) is 6.46. The summed E-state index contributed by atoms with van der Waals surface area (Å²) in [4.78, 5) is 0. The van der Waals surface area contributed by atoms with Crippen LogP contribution in [0.1, 0.15) is 45.2 Å². The monoisotopic (exact) mass is 225 g/mol. The topological polar surface area (TPSA) is 35.2 Å². The van der Waals surface area contributed by atoms with Gasteiger partial charge < -0.3 is 10.5 Å². The van der Waals surface area contributed by atoms with Crippen molar-refractivity contribution in [3.05, 3.63) is 29.6 Å². The number of hydrogen-bond donors (Lipinski definition) is 1. The van der Waals surface area contributed by atoms with Crippen LogP contribution in [0.15, 0.2) is 18.2 Å². The van der Waals surface area contributed by atoms with E-state index in [1.165, 1.54) is 6.07 Å². The Morgan fingerprint density at radius 2 is 2.06 bits per heavy atom. The quantitative estimate of drug-likeness (QED) is 0.833. The summed E-state index contributed by atoms with van der Waals surface area (Å²) in [5.74, 6) is -0.0249. The molecule has 0 spiro atoms. The molecule has 90 valence electrons. The molecule has 0 amide bonds. The standard InChI is InChI=1S/C13H20FNO/c1-4-5-9(2)16-13-7-6-11(10(3)15)8-12(13)14/h6-10H,4-5,15H2,1-3H3/t9?,10-/m1/s1. The molecule has 0 bridgehead atoms. The van der Waals surface area contributed by atoms with Crippen LogP contribution in [-0.2, 0) is 0 Å². The fraction of sp³-hybridized carbons (Fsp3) is 0.538. The third-order valence-corrected chi connectivity index (χ3v) is 2.51. The van der Waals surface area contributed by atoms with E-state index >= 15 is 0 Å². The summed E-state index contributed by atoms with van der Waals surface area (Å²) < 4.78 is 19.1. The van der Waals surface area contributed by atoms with Crippen LogP contribution in [0.5, 0.6) is 5.75 Å². The van der Waals surface area contributed by atoms with Crippen molar-refractivity contribution in [2.75, 3.05) is 0 Å². The van der Waals surface area contributed by atoms with Crippen LogP contribution in [0.2, 0.25) is 0 Å². The first kappa shape index (κ1) is 13.0. The van der Waals surface area contributed by atoms with E-state index in [4.69, 9.17) is 10.5 Å². The summed E-state index contributed by atoms with van der Waals surface area (Å²) in [6.07, 6.45) is 2.00. The molecule has 0 aliphatic heterocycles. The maximum Gasteiger partial charge on any atom is 0.165 e. The summed E-state index contributed by atoms with van der Waals surface area (Å²) in [5, 5.41) is 0. The molecular weight excluding hydrogens is 205 g/mol. The van der Waals surface area contributed by atoms with Crippen molar-refractivity contribution in [2.45, 2.75) is 45.8 Å². The lowest BCUT2D eigenvalue weighted by Gasteiger charge is -2.15. The molecule has 1 rings (SSSR count). The highest BCUT2D eigenvalue weighted by Gasteiger charge is 2.10. The molecule has 0 aliphatic carbocycles. The summed E-state index contributed by atoms with van der Waals surface area (Å²) >= 11 is 0. The Morgan fingerprint density at radius 3 is 2.56 bits per heavy atom. The minimum absolute atomic E-state index is 0.0423.